The minimum absolute atomic E-state index is 0.0767. The van der Waals surface area contributed by atoms with Gasteiger partial charge < -0.3 is 15.3 Å². The van der Waals surface area contributed by atoms with Gasteiger partial charge in [-0.3, -0.25) is 4.90 Å². The summed E-state index contributed by atoms with van der Waals surface area (Å²) in [5, 5.41) is 22.8. The number of benzene rings is 2. The third-order valence-corrected chi connectivity index (χ3v) is 9.20. The second-order valence-electron chi connectivity index (χ2n) is 11.5. The topological polar surface area (TPSA) is 90.3 Å². The average molecular weight is 608 g/mol. The second kappa shape index (κ2) is 10.8. The summed E-state index contributed by atoms with van der Waals surface area (Å²) in [6.07, 6.45) is 1.95. The van der Waals surface area contributed by atoms with Crippen LogP contribution in [0.1, 0.15) is 38.4 Å². The van der Waals surface area contributed by atoms with Crippen LogP contribution in [0.5, 0.6) is 5.75 Å². The summed E-state index contributed by atoms with van der Waals surface area (Å²) in [6.45, 7) is 5.15. The van der Waals surface area contributed by atoms with Gasteiger partial charge in [-0.25, -0.2) is 23.1 Å². The zero-order chi connectivity index (χ0) is 29.9. The molecule has 0 aliphatic carbocycles. The number of anilines is 1. The lowest BCUT2D eigenvalue weighted by Crippen LogP contribution is -2.50. The minimum Gasteiger partial charge on any atom is -0.508 e. The molecule has 222 valence electrons. The molecule has 3 aliphatic heterocycles. The molecule has 3 saturated heterocycles. The molecular weight excluding hydrogens is 579 g/mol. The van der Waals surface area contributed by atoms with Crippen LogP contribution in [-0.4, -0.2) is 80.6 Å². The van der Waals surface area contributed by atoms with E-state index in [-0.39, 0.29) is 50.3 Å². The Morgan fingerprint density at radius 1 is 1.14 bits per heavy atom. The van der Waals surface area contributed by atoms with E-state index in [1.807, 2.05) is 4.90 Å². The minimum atomic E-state index is -0.946. The fraction of sp³-hybridized carbons (Fsp3) is 0.419. The molecular formula is C31H29ClF3N7O. The molecule has 2 aromatic heterocycles. The number of rotatable bonds is 3. The van der Waals surface area contributed by atoms with Crippen LogP contribution < -0.4 is 10.2 Å². The molecule has 3 fully saturated rings. The highest BCUT2D eigenvalue weighted by Gasteiger charge is 2.47. The fourth-order valence-electron chi connectivity index (χ4n) is 6.72. The molecule has 0 bridgehead atoms. The molecule has 3 atom stereocenters. The van der Waals surface area contributed by atoms with Crippen LogP contribution in [0, 0.1) is 23.5 Å². The summed E-state index contributed by atoms with van der Waals surface area (Å²) in [6, 6.07) is 5.52. The Morgan fingerprint density at radius 3 is 2.84 bits per heavy atom. The molecule has 43 heavy (non-hydrogen) atoms. The van der Waals surface area contributed by atoms with E-state index in [0.717, 1.165) is 25.8 Å². The highest BCUT2D eigenvalue weighted by atomic mass is 35.5. The highest BCUT2D eigenvalue weighted by molar-refractivity contribution is 6.37. The number of aromatic hydroxyl groups is 1. The molecule has 0 unspecified atom stereocenters. The quantitative estimate of drug-likeness (QED) is 0.315. The lowest BCUT2D eigenvalue weighted by molar-refractivity contribution is 0.255. The van der Waals surface area contributed by atoms with Gasteiger partial charge >= 0.3 is 0 Å². The molecule has 0 saturated carbocycles. The van der Waals surface area contributed by atoms with Gasteiger partial charge in [0.2, 0.25) is 5.82 Å². The number of hydrogen-bond donors (Lipinski definition) is 2. The number of phenolic OH excluding ortho intramolecular Hbond substituents is 1. The van der Waals surface area contributed by atoms with Crippen molar-refractivity contribution in [3.8, 4) is 28.8 Å². The summed E-state index contributed by atoms with van der Waals surface area (Å²) in [7, 11) is 0. The Morgan fingerprint density at radius 2 is 2.00 bits per heavy atom. The van der Waals surface area contributed by atoms with Crippen LogP contribution >= 0.6 is 11.6 Å². The van der Waals surface area contributed by atoms with Crippen molar-refractivity contribution in [1.29, 1.82) is 0 Å². The third-order valence-electron chi connectivity index (χ3n) is 8.83. The predicted molar refractivity (Wildman–Crippen MR) is 159 cm³/mol. The van der Waals surface area contributed by atoms with Crippen molar-refractivity contribution < 1.29 is 18.3 Å². The first-order valence-electron chi connectivity index (χ1n) is 14.5. The van der Waals surface area contributed by atoms with Crippen LogP contribution in [0.3, 0.4) is 0 Å². The van der Waals surface area contributed by atoms with Crippen molar-refractivity contribution in [2.45, 2.75) is 50.4 Å². The highest BCUT2D eigenvalue weighted by Crippen LogP contribution is 2.41. The Kier molecular flexibility index (Phi) is 7.03. The summed E-state index contributed by atoms with van der Waals surface area (Å²) >= 11 is 6.33. The summed E-state index contributed by atoms with van der Waals surface area (Å²) in [5.74, 6) is 5.14. The SMILES string of the molecule is CC[C@H]1CN(c2nc(C#C[C@@]34CCCN3C[C@H](F)C4)nc3c(F)c(-c4cc(O)cc5ccc(F)c(Cl)c45)nnc23)CCN1. The molecule has 2 N–H and O–H groups in total. The lowest BCUT2D eigenvalue weighted by atomic mass is 9.94. The molecule has 12 heteroatoms. The zero-order valence-electron chi connectivity index (χ0n) is 23.5. The summed E-state index contributed by atoms with van der Waals surface area (Å²) in [4.78, 5) is 13.3. The van der Waals surface area contributed by atoms with E-state index in [0.29, 0.717) is 43.8 Å². The maximum Gasteiger partial charge on any atom is 0.207 e. The number of piperazine rings is 1. The van der Waals surface area contributed by atoms with E-state index >= 15 is 4.39 Å². The first kappa shape index (κ1) is 28.1. The predicted octanol–water partition coefficient (Wildman–Crippen LogP) is 4.99. The molecule has 2 aromatic carbocycles. The van der Waals surface area contributed by atoms with E-state index in [2.05, 4.69) is 44.2 Å². The van der Waals surface area contributed by atoms with Crippen LogP contribution in [0.25, 0.3) is 33.1 Å². The number of nitrogens with one attached hydrogen (secondary N) is 1. The van der Waals surface area contributed by atoms with Crippen molar-refractivity contribution >= 4 is 39.2 Å². The van der Waals surface area contributed by atoms with Crippen molar-refractivity contribution in [2.24, 2.45) is 0 Å². The van der Waals surface area contributed by atoms with Gasteiger partial charge in [0.25, 0.3) is 0 Å². The molecule has 0 spiro atoms. The zero-order valence-corrected chi connectivity index (χ0v) is 24.2. The van der Waals surface area contributed by atoms with Gasteiger partial charge in [-0.1, -0.05) is 30.5 Å². The van der Waals surface area contributed by atoms with Crippen molar-refractivity contribution in [2.75, 3.05) is 37.6 Å². The monoisotopic (exact) mass is 607 g/mol. The molecule has 4 aromatic rings. The number of alkyl halides is 1. The van der Waals surface area contributed by atoms with Gasteiger partial charge in [0.1, 0.15) is 28.9 Å². The number of hydrogen-bond acceptors (Lipinski definition) is 8. The Labute approximate surface area is 251 Å². The van der Waals surface area contributed by atoms with Crippen LogP contribution in [0.15, 0.2) is 24.3 Å². The van der Waals surface area contributed by atoms with Gasteiger partial charge in [-0.15, -0.1) is 10.2 Å². The lowest BCUT2D eigenvalue weighted by Gasteiger charge is -2.34. The van der Waals surface area contributed by atoms with E-state index in [9.17, 15) is 13.9 Å². The van der Waals surface area contributed by atoms with Crippen molar-refractivity contribution in [1.82, 2.24) is 30.4 Å². The van der Waals surface area contributed by atoms with E-state index in [1.54, 1.807) is 0 Å². The summed E-state index contributed by atoms with van der Waals surface area (Å²) < 4.78 is 45.5. The number of fused-ring (bicyclic) bond motifs is 3. The van der Waals surface area contributed by atoms with E-state index < -0.39 is 23.3 Å². The molecule has 7 rings (SSSR count). The largest absolute Gasteiger partial charge is 0.508 e. The number of nitrogens with zero attached hydrogens (tertiary/aromatic N) is 6. The standard InChI is InChI=1S/C31H29ClF3N7O/c1-2-19-16-41(11-9-36-19)30-29-28(37-23(38-30)6-8-31-7-3-10-42(31)15-18(33)14-31)26(35)27(39-40-29)21-13-20(43)12-17-4-5-22(34)25(32)24(17)21/h4-5,12-13,18-19,36,43H,2-3,7,9-11,14-16H2,1H3/t18-,19+,31-/m1/s1. The molecule has 0 radical (unpaired) electrons. The fourth-order valence-corrected chi connectivity index (χ4v) is 6.99. The van der Waals surface area contributed by atoms with Gasteiger partial charge in [0.05, 0.1) is 10.6 Å². The Balaban J connectivity index is 1.43. The van der Waals surface area contributed by atoms with Crippen molar-refractivity contribution in [3.05, 3.63) is 46.7 Å². The third kappa shape index (κ3) is 4.82. The average Bonchev–Trinajstić information content (AvgIpc) is 3.53. The maximum atomic E-state index is 16.6. The Hall–Kier alpha value is -3.72. The molecule has 3 aliphatic rings. The van der Waals surface area contributed by atoms with E-state index in [4.69, 9.17) is 16.6 Å². The second-order valence-corrected chi connectivity index (χ2v) is 11.9. The number of phenols is 1. The molecule has 8 nitrogen and oxygen atoms in total. The smallest absolute Gasteiger partial charge is 0.207 e. The van der Waals surface area contributed by atoms with Gasteiger partial charge in [-0.2, -0.15) is 0 Å². The van der Waals surface area contributed by atoms with Gasteiger partial charge in [0, 0.05) is 49.6 Å². The van der Waals surface area contributed by atoms with Crippen LogP contribution in [-0.2, 0) is 0 Å². The maximum absolute atomic E-state index is 16.6. The first-order valence-corrected chi connectivity index (χ1v) is 14.9. The van der Waals surface area contributed by atoms with Gasteiger partial charge in [0.15, 0.2) is 17.2 Å². The molecule has 5 heterocycles. The summed E-state index contributed by atoms with van der Waals surface area (Å²) in [5.41, 5.74) is -0.691. The Bertz CT molecular complexity index is 1830. The first-order chi connectivity index (χ1) is 20.8. The van der Waals surface area contributed by atoms with Crippen molar-refractivity contribution in [3.63, 3.8) is 0 Å². The number of aromatic nitrogens is 4. The van der Waals surface area contributed by atoms with Crippen LogP contribution in [0.2, 0.25) is 5.02 Å². The molecule has 0 amide bonds. The number of halogens is 4. The van der Waals surface area contributed by atoms with E-state index in [1.165, 1.54) is 24.3 Å². The van der Waals surface area contributed by atoms with Crippen LogP contribution in [0.4, 0.5) is 19.0 Å². The van der Waals surface area contributed by atoms with Gasteiger partial charge in [-0.05, 0) is 55.3 Å². The normalized spacial score (nSPS) is 24.0.